The molecule has 3 nitrogen and oxygen atoms in total. The van der Waals surface area contributed by atoms with Gasteiger partial charge in [0.2, 0.25) is 0 Å². The van der Waals surface area contributed by atoms with Crippen molar-refractivity contribution in [2.24, 2.45) is 0 Å². The summed E-state index contributed by atoms with van der Waals surface area (Å²) in [4.78, 5) is 13.7. The maximum Gasteiger partial charge on any atom is 0.262 e. The number of hydrogen-bond acceptors (Lipinski definition) is 4. The molecule has 0 fully saturated rings. The summed E-state index contributed by atoms with van der Waals surface area (Å²) < 4.78 is 0. The number of thiophene rings is 1. The van der Waals surface area contributed by atoms with Crippen molar-refractivity contribution in [2.45, 2.75) is 37.2 Å². The van der Waals surface area contributed by atoms with E-state index < -0.39 is 5.60 Å². The van der Waals surface area contributed by atoms with Crippen molar-refractivity contribution in [3.63, 3.8) is 0 Å². The highest BCUT2D eigenvalue weighted by molar-refractivity contribution is 7.98. The van der Waals surface area contributed by atoms with Crippen LogP contribution >= 0.6 is 23.1 Å². The Kier molecular flexibility index (Phi) is 5.49. The molecule has 96 valence electrons. The molecule has 1 aromatic heterocycles. The summed E-state index contributed by atoms with van der Waals surface area (Å²) in [5.41, 5.74) is -0.785. The van der Waals surface area contributed by atoms with Crippen molar-refractivity contribution in [3.8, 4) is 0 Å². The topological polar surface area (TPSA) is 49.3 Å². The van der Waals surface area contributed by atoms with Gasteiger partial charge in [-0.3, -0.25) is 4.79 Å². The van der Waals surface area contributed by atoms with Crippen LogP contribution in [0.5, 0.6) is 0 Å². The van der Waals surface area contributed by atoms with Gasteiger partial charge >= 0.3 is 0 Å². The zero-order chi connectivity index (χ0) is 12.9. The van der Waals surface area contributed by atoms with Gasteiger partial charge in [0, 0.05) is 11.4 Å². The monoisotopic (exact) mass is 273 g/mol. The number of carbonyl (C=O) groups is 1. The van der Waals surface area contributed by atoms with E-state index >= 15 is 0 Å². The van der Waals surface area contributed by atoms with E-state index in [4.69, 9.17) is 0 Å². The minimum absolute atomic E-state index is 0.0929. The van der Waals surface area contributed by atoms with E-state index in [-0.39, 0.29) is 5.91 Å². The molecule has 2 N–H and O–H groups in total. The summed E-state index contributed by atoms with van der Waals surface area (Å²) in [7, 11) is 0. The fourth-order valence-corrected chi connectivity index (χ4v) is 3.12. The minimum atomic E-state index is -0.785. The molecule has 1 amide bonds. The SMILES string of the molecule is CCC(O)(CC)CNC(=O)c1sccc1SC. The summed E-state index contributed by atoms with van der Waals surface area (Å²) in [6.07, 6.45) is 3.24. The third-order valence-corrected chi connectivity index (χ3v) is 4.77. The van der Waals surface area contributed by atoms with E-state index in [0.29, 0.717) is 19.4 Å². The largest absolute Gasteiger partial charge is 0.388 e. The number of amides is 1. The van der Waals surface area contributed by atoms with Crippen molar-refractivity contribution >= 4 is 29.0 Å². The molecule has 0 atom stereocenters. The van der Waals surface area contributed by atoms with E-state index in [9.17, 15) is 9.90 Å². The standard InChI is InChI=1S/C12H19NO2S2/c1-4-12(15,5-2)8-13-11(14)10-9(16-3)6-7-17-10/h6-7,15H,4-5,8H2,1-3H3,(H,13,14). The van der Waals surface area contributed by atoms with Crippen molar-refractivity contribution in [3.05, 3.63) is 16.3 Å². The smallest absolute Gasteiger partial charge is 0.262 e. The molecule has 0 spiro atoms. The molecule has 0 aliphatic rings. The first-order valence-electron chi connectivity index (χ1n) is 5.68. The lowest BCUT2D eigenvalue weighted by Gasteiger charge is -2.25. The van der Waals surface area contributed by atoms with Crippen LogP contribution in [0.3, 0.4) is 0 Å². The molecule has 0 unspecified atom stereocenters. The van der Waals surface area contributed by atoms with Crippen LogP contribution < -0.4 is 5.32 Å². The van der Waals surface area contributed by atoms with E-state index in [0.717, 1.165) is 9.77 Å². The summed E-state index contributed by atoms with van der Waals surface area (Å²) in [6, 6.07) is 1.94. The second-order valence-electron chi connectivity index (χ2n) is 3.93. The highest BCUT2D eigenvalue weighted by atomic mass is 32.2. The molecule has 17 heavy (non-hydrogen) atoms. The van der Waals surface area contributed by atoms with Crippen LogP contribution in [0.15, 0.2) is 16.3 Å². The van der Waals surface area contributed by atoms with Crippen molar-refractivity contribution in [1.82, 2.24) is 5.32 Å². The Hall–Kier alpha value is -0.520. The van der Waals surface area contributed by atoms with Crippen LogP contribution in [0.1, 0.15) is 36.4 Å². The second kappa shape index (κ2) is 6.42. The van der Waals surface area contributed by atoms with Gasteiger partial charge in [0.15, 0.2) is 0 Å². The Morgan fingerprint density at radius 1 is 1.53 bits per heavy atom. The Labute approximate surface area is 111 Å². The molecule has 1 rings (SSSR count). The highest BCUT2D eigenvalue weighted by Gasteiger charge is 2.23. The molecule has 0 bridgehead atoms. The van der Waals surface area contributed by atoms with E-state index in [1.165, 1.54) is 11.3 Å². The number of carbonyl (C=O) groups excluding carboxylic acids is 1. The number of aliphatic hydroxyl groups is 1. The first kappa shape index (κ1) is 14.5. The molecule has 5 heteroatoms. The average Bonchev–Trinajstić information content (AvgIpc) is 2.83. The molecular formula is C12H19NO2S2. The molecule has 1 aromatic rings. The Morgan fingerprint density at radius 2 is 2.18 bits per heavy atom. The molecule has 0 saturated carbocycles. The number of rotatable bonds is 6. The zero-order valence-corrected chi connectivity index (χ0v) is 12.1. The normalized spacial score (nSPS) is 11.5. The lowest BCUT2D eigenvalue weighted by molar-refractivity contribution is 0.0314. The lowest BCUT2D eigenvalue weighted by Crippen LogP contribution is -2.41. The van der Waals surface area contributed by atoms with Crippen LogP contribution in [0.4, 0.5) is 0 Å². The fraction of sp³-hybridized carbons (Fsp3) is 0.583. The first-order chi connectivity index (χ1) is 8.06. The molecule has 0 radical (unpaired) electrons. The van der Waals surface area contributed by atoms with E-state index in [2.05, 4.69) is 5.32 Å². The first-order valence-corrected chi connectivity index (χ1v) is 7.78. The highest BCUT2D eigenvalue weighted by Crippen LogP contribution is 2.25. The molecule has 0 aliphatic heterocycles. The van der Waals surface area contributed by atoms with Crippen LogP contribution in [0, 0.1) is 0 Å². The van der Waals surface area contributed by atoms with Crippen molar-refractivity contribution < 1.29 is 9.90 Å². The second-order valence-corrected chi connectivity index (χ2v) is 5.70. The summed E-state index contributed by atoms with van der Waals surface area (Å²) in [5.74, 6) is -0.0929. The quantitative estimate of drug-likeness (QED) is 0.784. The summed E-state index contributed by atoms with van der Waals surface area (Å²) in [5, 5.41) is 14.8. The van der Waals surface area contributed by atoms with Gasteiger partial charge in [-0.2, -0.15) is 0 Å². The average molecular weight is 273 g/mol. The van der Waals surface area contributed by atoms with Gasteiger partial charge in [0.25, 0.3) is 5.91 Å². The van der Waals surface area contributed by atoms with Gasteiger partial charge in [0.1, 0.15) is 4.88 Å². The van der Waals surface area contributed by atoms with Gasteiger partial charge in [-0.05, 0) is 30.5 Å². The molecule has 0 saturated heterocycles. The van der Waals surface area contributed by atoms with E-state index in [1.807, 2.05) is 31.5 Å². The Balaban J connectivity index is 2.62. The number of nitrogens with one attached hydrogen (secondary N) is 1. The Morgan fingerprint density at radius 3 is 2.71 bits per heavy atom. The van der Waals surface area contributed by atoms with Crippen LogP contribution in [0.2, 0.25) is 0 Å². The summed E-state index contributed by atoms with van der Waals surface area (Å²) >= 11 is 3.00. The van der Waals surface area contributed by atoms with Crippen LogP contribution in [-0.2, 0) is 0 Å². The fourth-order valence-electron chi connectivity index (χ4n) is 1.45. The molecule has 0 aliphatic carbocycles. The molecule has 0 aromatic carbocycles. The van der Waals surface area contributed by atoms with Gasteiger partial charge < -0.3 is 10.4 Å². The van der Waals surface area contributed by atoms with Crippen LogP contribution in [0.25, 0.3) is 0 Å². The third-order valence-electron chi connectivity index (χ3n) is 2.95. The van der Waals surface area contributed by atoms with Gasteiger partial charge in [-0.1, -0.05) is 13.8 Å². The lowest BCUT2D eigenvalue weighted by atomic mass is 9.98. The predicted octanol–water partition coefficient (Wildman–Crippen LogP) is 2.75. The minimum Gasteiger partial charge on any atom is -0.388 e. The maximum absolute atomic E-state index is 11.9. The van der Waals surface area contributed by atoms with Gasteiger partial charge in [0.05, 0.1) is 5.60 Å². The van der Waals surface area contributed by atoms with Crippen LogP contribution in [-0.4, -0.2) is 29.4 Å². The van der Waals surface area contributed by atoms with Crippen molar-refractivity contribution in [2.75, 3.05) is 12.8 Å². The zero-order valence-electron chi connectivity index (χ0n) is 10.4. The Bertz CT molecular complexity index is 372. The molecular weight excluding hydrogens is 254 g/mol. The van der Waals surface area contributed by atoms with E-state index in [1.54, 1.807) is 11.8 Å². The molecule has 1 heterocycles. The number of hydrogen-bond donors (Lipinski definition) is 2. The van der Waals surface area contributed by atoms with Gasteiger partial charge in [-0.25, -0.2) is 0 Å². The number of thioether (sulfide) groups is 1. The third kappa shape index (κ3) is 3.72. The van der Waals surface area contributed by atoms with Crippen molar-refractivity contribution in [1.29, 1.82) is 0 Å². The summed E-state index contributed by atoms with van der Waals surface area (Å²) in [6.45, 7) is 4.16. The van der Waals surface area contributed by atoms with Gasteiger partial charge in [-0.15, -0.1) is 23.1 Å². The maximum atomic E-state index is 11.9. The predicted molar refractivity (Wildman–Crippen MR) is 74.0 cm³/mol.